The van der Waals surface area contributed by atoms with Crippen LogP contribution in [0.25, 0.3) is 0 Å². The van der Waals surface area contributed by atoms with Gasteiger partial charge in [0, 0.05) is 18.8 Å². The number of rotatable bonds is 3. The van der Waals surface area contributed by atoms with Crippen LogP contribution in [0, 0.1) is 19.8 Å². The molecule has 0 radical (unpaired) electrons. The molecule has 0 aromatic carbocycles. The van der Waals surface area contributed by atoms with Gasteiger partial charge in [0.25, 0.3) is 0 Å². The highest BCUT2D eigenvalue weighted by atomic mass is 16.4. The normalized spacial score (nSPS) is 20.6. The van der Waals surface area contributed by atoms with Crippen LogP contribution in [0.2, 0.25) is 0 Å². The van der Waals surface area contributed by atoms with Crippen molar-refractivity contribution in [1.29, 1.82) is 0 Å². The maximum Gasteiger partial charge on any atom is 0.308 e. The minimum atomic E-state index is -0.825. The summed E-state index contributed by atoms with van der Waals surface area (Å²) in [6.45, 7) is 6.41. The van der Waals surface area contributed by atoms with Crippen molar-refractivity contribution in [3.8, 4) is 0 Å². The zero-order valence-corrected chi connectivity index (χ0v) is 11.5. The summed E-state index contributed by atoms with van der Waals surface area (Å²) in [5, 5.41) is 13.3. The molecule has 6 heteroatoms. The largest absolute Gasteiger partial charge is 0.481 e. The lowest BCUT2D eigenvalue weighted by atomic mass is 10.1. The predicted molar refractivity (Wildman–Crippen MR) is 68.7 cm³/mol. The lowest BCUT2D eigenvalue weighted by Gasteiger charge is -2.21. The number of aliphatic carboxylic acids is 1. The highest BCUT2D eigenvalue weighted by Gasteiger charge is 2.33. The smallest absolute Gasteiger partial charge is 0.308 e. The minimum absolute atomic E-state index is 0.0602. The van der Waals surface area contributed by atoms with E-state index in [1.165, 1.54) is 0 Å². The number of aryl methyl sites for hydroxylation is 2. The third-order valence-corrected chi connectivity index (χ3v) is 3.62. The Hall–Kier alpha value is -1.85. The number of aromatic nitrogens is 2. The number of carbonyl (C=O) groups is 2. The van der Waals surface area contributed by atoms with Crippen LogP contribution in [0.1, 0.15) is 30.8 Å². The molecule has 1 amide bonds. The number of hydrogen-bond acceptors (Lipinski definition) is 3. The van der Waals surface area contributed by atoms with E-state index in [4.69, 9.17) is 5.11 Å². The number of nitrogens with zero attached hydrogens (tertiary/aromatic N) is 3. The summed E-state index contributed by atoms with van der Waals surface area (Å²) >= 11 is 0. The molecule has 19 heavy (non-hydrogen) atoms. The van der Waals surface area contributed by atoms with Gasteiger partial charge in [-0.05, 0) is 33.3 Å². The van der Waals surface area contributed by atoms with Gasteiger partial charge < -0.3 is 10.0 Å². The number of hydrogen-bond donors (Lipinski definition) is 1. The summed E-state index contributed by atoms with van der Waals surface area (Å²) < 4.78 is 1.70. The van der Waals surface area contributed by atoms with Gasteiger partial charge >= 0.3 is 5.97 Å². The molecule has 2 atom stereocenters. The molecule has 104 valence electrons. The predicted octanol–water partition coefficient (Wildman–Crippen LogP) is 0.994. The van der Waals surface area contributed by atoms with Gasteiger partial charge in [0.1, 0.15) is 6.04 Å². The van der Waals surface area contributed by atoms with Crippen molar-refractivity contribution in [2.75, 3.05) is 13.1 Å². The number of carboxylic acid groups (broad SMARTS) is 1. The van der Waals surface area contributed by atoms with Crippen LogP contribution in [0.15, 0.2) is 6.07 Å². The van der Waals surface area contributed by atoms with Crippen molar-refractivity contribution < 1.29 is 14.7 Å². The van der Waals surface area contributed by atoms with Crippen LogP contribution in [-0.2, 0) is 9.59 Å². The second kappa shape index (κ2) is 5.03. The standard InChI is InChI=1S/C13H19N3O3/c1-8-6-9(2)16(14-8)10(3)12(17)15-5-4-11(7-15)13(18)19/h6,10-11H,4-5,7H2,1-3H3,(H,18,19)/t10-,11-/m0/s1. The third kappa shape index (κ3) is 2.62. The Morgan fingerprint density at radius 2 is 2.16 bits per heavy atom. The lowest BCUT2D eigenvalue weighted by Crippen LogP contribution is -2.36. The van der Waals surface area contributed by atoms with Crippen LogP contribution >= 0.6 is 0 Å². The quantitative estimate of drug-likeness (QED) is 0.884. The van der Waals surface area contributed by atoms with E-state index < -0.39 is 11.9 Å². The van der Waals surface area contributed by atoms with Gasteiger partial charge in [0.05, 0.1) is 11.6 Å². The SMILES string of the molecule is Cc1cc(C)n([C@@H](C)C(=O)N2CC[C@H](C(=O)O)C2)n1. The molecule has 1 aliphatic heterocycles. The zero-order chi connectivity index (χ0) is 14.2. The van der Waals surface area contributed by atoms with Crippen molar-refractivity contribution in [2.45, 2.75) is 33.2 Å². The maximum atomic E-state index is 12.3. The van der Waals surface area contributed by atoms with E-state index in [0.29, 0.717) is 19.5 Å². The van der Waals surface area contributed by atoms with Crippen LogP contribution in [-0.4, -0.2) is 44.8 Å². The molecular weight excluding hydrogens is 246 g/mol. The number of amides is 1. The Morgan fingerprint density at radius 1 is 1.47 bits per heavy atom. The molecule has 0 saturated carbocycles. The van der Waals surface area contributed by atoms with Crippen molar-refractivity contribution in [2.24, 2.45) is 5.92 Å². The van der Waals surface area contributed by atoms with Crippen molar-refractivity contribution in [3.63, 3.8) is 0 Å². The van der Waals surface area contributed by atoms with Crippen LogP contribution in [0.3, 0.4) is 0 Å². The molecular formula is C13H19N3O3. The Morgan fingerprint density at radius 3 is 2.63 bits per heavy atom. The fraction of sp³-hybridized carbons (Fsp3) is 0.615. The monoisotopic (exact) mass is 265 g/mol. The van der Waals surface area contributed by atoms with Gasteiger partial charge in [-0.15, -0.1) is 0 Å². The molecule has 0 bridgehead atoms. The summed E-state index contributed by atoms with van der Waals surface area (Å²) in [5.74, 6) is -1.32. The van der Waals surface area contributed by atoms with Gasteiger partial charge in [-0.3, -0.25) is 14.3 Å². The first-order valence-corrected chi connectivity index (χ1v) is 6.44. The first-order chi connectivity index (χ1) is 8.90. The highest BCUT2D eigenvalue weighted by molar-refractivity contribution is 5.81. The maximum absolute atomic E-state index is 12.3. The molecule has 2 rings (SSSR count). The van der Waals surface area contributed by atoms with Crippen molar-refractivity contribution >= 4 is 11.9 Å². The fourth-order valence-corrected chi connectivity index (χ4v) is 2.57. The van der Waals surface area contributed by atoms with E-state index in [-0.39, 0.29) is 11.9 Å². The third-order valence-electron chi connectivity index (χ3n) is 3.62. The van der Waals surface area contributed by atoms with Gasteiger partial charge in [-0.1, -0.05) is 0 Å². The Labute approximate surface area is 112 Å². The van der Waals surface area contributed by atoms with Gasteiger partial charge in [-0.25, -0.2) is 0 Å². The number of carbonyl (C=O) groups excluding carboxylic acids is 1. The summed E-state index contributed by atoms with van der Waals surface area (Å²) in [4.78, 5) is 24.9. The molecule has 0 aliphatic carbocycles. The van der Waals surface area contributed by atoms with Gasteiger partial charge in [-0.2, -0.15) is 5.10 Å². The Bertz CT molecular complexity index is 509. The summed E-state index contributed by atoms with van der Waals surface area (Å²) in [5.41, 5.74) is 1.81. The van der Waals surface area contributed by atoms with E-state index in [9.17, 15) is 9.59 Å². The average molecular weight is 265 g/mol. The van der Waals surface area contributed by atoms with Crippen LogP contribution < -0.4 is 0 Å². The molecule has 1 aromatic heterocycles. The first-order valence-electron chi connectivity index (χ1n) is 6.44. The minimum Gasteiger partial charge on any atom is -0.481 e. The molecule has 6 nitrogen and oxygen atoms in total. The van der Waals surface area contributed by atoms with Crippen molar-refractivity contribution in [1.82, 2.24) is 14.7 Å². The van der Waals surface area contributed by atoms with E-state index in [0.717, 1.165) is 11.4 Å². The van der Waals surface area contributed by atoms with E-state index >= 15 is 0 Å². The molecule has 1 aliphatic rings. The van der Waals surface area contributed by atoms with Crippen LogP contribution in [0.4, 0.5) is 0 Å². The summed E-state index contributed by atoms with van der Waals surface area (Å²) in [6.07, 6.45) is 0.533. The molecule has 2 heterocycles. The van der Waals surface area contributed by atoms with Gasteiger partial charge in [0.2, 0.25) is 5.91 Å². The molecule has 1 saturated heterocycles. The Kier molecular flexibility index (Phi) is 3.59. The molecule has 1 fully saturated rings. The zero-order valence-electron chi connectivity index (χ0n) is 11.5. The van der Waals surface area contributed by atoms with Crippen LogP contribution in [0.5, 0.6) is 0 Å². The van der Waals surface area contributed by atoms with E-state index in [2.05, 4.69) is 5.10 Å². The highest BCUT2D eigenvalue weighted by Crippen LogP contribution is 2.21. The topological polar surface area (TPSA) is 75.4 Å². The molecule has 0 unspecified atom stereocenters. The number of carboxylic acids is 1. The second-order valence-electron chi connectivity index (χ2n) is 5.16. The van der Waals surface area contributed by atoms with Crippen molar-refractivity contribution in [3.05, 3.63) is 17.5 Å². The van der Waals surface area contributed by atoms with E-state index in [1.54, 1.807) is 16.5 Å². The summed E-state index contributed by atoms with van der Waals surface area (Å²) in [6, 6.07) is 1.54. The van der Waals surface area contributed by atoms with E-state index in [1.807, 2.05) is 19.9 Å². The lowest BCUT2D eigenvalue weighted by molar-refractivity contribution is -0.141. The molecule has 1 N–H and O–H groups in total. The second-order valence-corrected chi connectivity index (χ2v) is 5.16. The Balaban J connectivity index is 2.08. The molecule has 1 aromatic rings. The number of likely N-dealkylation sites (tertiary alicyclic amines) is 1. The summed E-state index contributed by atoms with van der Waals surface area (Å²) in [7, 11) is 0. The average Bonchev–Trinajstić information content (AvgIpc) is 2.94. The van der Waals surface area contributed by atoms with Gasteiger partial charge in [0.15, 0.2) is 0 Å². The fourth-order valence-electron chi connectivity index (χ4n) is 2.57. The molecule has 0 spiro atoms. The first kappa shape index (κ1) is 13.6.